The van der Waals surface area contributed by atoms with Crippen LogP contribution < -0.4 is 16.2 Å². The molecule has 0 aliphatic heterocycles. The van der Waals surface area contributed by atoms with E-state index in [1.807, 2.05) is 24.1 Å². The number of ether oxygens (including phenoxy) is 1. The van der Waals surface area contributed by atoms with Crippen LogP contribution in [-0.2, 0) is 13.1 Å². The quantitative estimate of drug-likeness (QED) is 0.858. The highest BCUT2D eigenvalue weighted by Crippen LogP contribution is 2.24. The summed E-state index contributed by atoms with van der Waals surface area (Å²) in [7, 11) is 3.55. The summed E-state index contributed by atoms with van der Waals surface area (Å²) in [4.78, 5) is 13.8. The van der Waals surface area contributed by atoms with Crippen LogP contribution >= 0.6 is 11.6 Å². The molecule has 21 heavy (non-hydrogen) atoms. The second-order valence-electron chi connectivity index (χ2n) is 4.60. The third-order valence-electron chi connectivity index (χ3n) is 2.81. The fraction of sp³-hybridized carbons (Fsp3) is 0.308. The zero-order valence-electron chi connectivity index (χ0n) is 11.9. The minimum Gasteiger partial charge on any atom is -0.496 e. The summed E-state index contributed by atoms with van der Waals surface area (Å²) in [5.41, 5.74) is 12.1. The number of anilines is 2. The molecule has 0 bridgehead atoms. The van der Waals surface area contributed by atoms with Crippen LogP contribution in [0.5, 0.6) is 5.75 Å². The summed E-state index contributed by atoms with van der Waals surface area (Å²) in [6.07, 6.45) is 0. The highest BCUT2D eigenvalue weighted by molar-refractivity contribution is 6.30. The van der Waals surface area contributed by atoms with E-state index in [4.69, 9.17) is 27.8 Å². The van der Waals surface area contributed by atoms with Gasteiger partial charge in [-0.1, -0.05) is 11.6 Å². The number of nitrogen functional groups attached to an aromatic ring is 2. The van der Waals surface area contributed by atoms with E-state index in [-0.39, 0.29) is 11.9 Å². The van der Waals surface area contributed by atoms with Gasteiger partial charge in [0.05, 0.1) is 13.7 Å². The zero-order valence-corrected chi connectivity index (χ0v) is 12.6. The van der Waals surface area contributed by atoms with Crippen molar-refractivity contribution < 1.29 is 4.74 Å². The van der Waals surface area contributed by atoms with E-state index < -0.39 is 0 Å². The summed E-state index contributed by atoms with van der Waals surface area (Å²) >= 11 is 6.02. The number of halogens is 1. The molecule has 0 amide bonds. The van der Waals surface area contributed by atoms with Crippen molar-refractivity contribution in [1.82, 2.24) is 19.9 Å². The number of aromatic nitrogens is 3. The van der Waals surface area contributed by atoms with Gasteiger partial charge < -0.3 is 16.2 Å². The summed E-state index contributed by atoms with van der Waals surface area (Å²) in [6, 6.07) is 5.49. The molecule has 1 heterocycles. The monoisotopic (exact) mass is 308 g/mol. The lowest BCUT2D eigenvalue weighted by molar-refractivity contribution is 0.302. The molecule has 8 heteroatoms. The molecule has 0 unspecified atom stereocenters. The molecular formula is C13H17ClN6O. The fourth-order valence-electron chi connectivity index (χ4n) is 1.99. The number of methoxy groups -OCH3 is 1. The van der Waals surface area contributed by atoms with E-state index in [2.05, 4.69) is 15.0 Å². The molecule has 0 atom stereocenters. The van der Waals surface area contributed by atoms with Crippen molar-refractivity contribution in [3.63, 3.8) is 0 Å². The highest BCUT2D eigenvalue weighted by atomic mass is 35.5. The van der Waals surface area contributed by atoms with Crippen molar-refractivity contribution in [1.29, 1.82) is 0 Å². The molecule has 0 aliphatic carbocycles. The van der Waals surface area contributed by atoms with E-state index in [0.29, 0.717) is 23.9 Å². The van der Waals surface area contributed by atoms with Crippen LogP contribution in [-0.4, -0.2) is 34.0 Å². The van der Waals surface area contributed by atoms with Gasteiger partial charge >= 0.3 is 0 Å². The van der Waals surface area contributed by atoms with Crippen molar-refractivity contribution in [2.24, 2.45) is 0 Å². The minimum atomic E-state index is 0.117. The highest BCUT2D eigenvalue weighted by Gasteiger charge is 2.10. The van der Waals surface area contributed by atoms with Gasteiger partial charge in [-0.15, -0.1) is 0 Å². The Hall–Kier alpha value is -2.12. The molecule has 2 rings (SSSR count). The second kappa shape index (κ2) is 6.55. The molecule has 0 fully saturated rings. The van der Waals surface area contributed by atoms with E-state index in [0.717, 1.165) is 11.3 Å². The summed E-state index contributed by atoms with van der Waals surface area (Å²) in [5.74, 6) is 1.53. The Bertz CT molecular complexity index is 616. The van der Waals surface area contributed by atoms with Crippen LogP contribution in [0.25, 0.3) is 0 Å². The van der Waals surface area contributed by atoms with Gasteiger partial charge in [-0.3, -0.25) is 4.90 Å². The Kier molecular flexibility index (Phi) is 4.77. The Balaban J connectivity index is 2.11. The average molecular weight is 309 g/mol. The Morgan fingerprint density at radius 2 is 1.81 bits per heavy atom. The van der Waals surface area contributed by atoms with Crippen LogP contribution in [0.3, 0.4) is 0 Å². The van der Waals surface area contributed by atoms with Crippen molar-refractivity contribution in [2.75, 3.05) is 25.6 Å². The van der Waals surface area contributed by atoms with Crippen molar-refractivity contribution >= 4 is 23.5 Å². The predicted molar refractivity (Wildman–Crippen MR) is 81.8 cm³/mol. The van der Waals surface area contributed by atoms with Crippen molar-refractivity contribution in [3.05, 3.63) is 34.6 Å². The topological polar surface area (TPSA) is 103 Å². The van der Waals surface area contributed by atoms with Crippen molar-refractivity contribution in [2.45, 2.75) is 13.1 Å². The number of nitrogens with zero attached hydrogens (tertiary/aromatic N) is 4. The molecule has 7 nitrogen and oxygen atoms in total. The van der Waals surface area contributed by atoms with Crippen LogP contribution in [0.4, 0.5) is 11.9 Å². The predicted octanol–water partition coefficient (Wildman–Crippen LogP) is 1.33. The maximum absolute atomic E-state index is 6.02. The van der Waals surface area contributed by atoms with Crippen LogP contribution in [0.15, 0.2) is 18.2 Å². The zero-order chi connectivity index (χ0) is 15.4. The lowest BCUT2D eigenvalue weighted by Crippen LogP contribution is -2.20. The van der Waals surface area contributed by atoms with Crippen LogP contribution in [0.1, 0.15) is 11.4 Å². The van der Waals surface area contributed by atoms with E-state index in [1.54, 1.807) is 13.2 Å². The molecule has 112 valence electrons. The largest absolute Gasteiger partial charge is 0.496 e. The molecule has 0 saturated heterocycles. The molecule has 0 spiro atoms. The Labute approximate surface area is 127 Å². The number of nitrogens with two attached hydrogens (primary N) is 2. The van der Waals surface area contributed by atoms with Crippen LogP contribution in [0.2, 0.25) is 5.02 Å². The lowest BCUT2D eigenvalue weighted by Gasteiger charge is -2.18. The standard InChI is InChI=1S/C13H17ClN6O/c1-20(7-11-17-12(15)19-13(16)18-11)6-8-5-9(14)3-4-10(8)21-2/h3-5H,6-7H2,1-2H3,(H4,15,16,17,18,19). The molecule has 1 aromatic carbocycles. The third-order valence-corrected chi connectivity index (χ3v) is 3.05. The van der Waals surface area contributed by atoms with Gasteiger partial charge in [-0.2, -0.15) is 15.0 Å². The first-order valence-corrected chi connectivity index (χ1v) is 6.62. The summed E-state index contributed by atoms with van der Waals surface area (Å²) in [6.45, 7) is 1.10. The number of benzene rings is 1. The molecule has 0 radical (unpaired) electrons. The number of rotatable bonds is 5. The normalized spacial score (nSPS) is 10.9. The molecular weight excluding hydrogens is 292 g/mol. The molecule has 0 aliphatic rings. The molecule has 1 aromatic heterocycles. The number of hydrogen-bond acceptors (Lipinski definition) is 7. The first kappa shape index (κ1) is 15.3. The fourth-order valence-corrected chi connectivity index (χ4v) is 2.18. The average Bonchev–Trinajstić information content (AvgIpc) is 2.37. The first-order chi connectivity index (χ1) is 9.97. The maximum atomic E-state index is 6.02. The minimum absolute atomic E-state index is 0.117. The second-order valence-corrected chi connectivity index (χ2v) is 5.03. The first-order valence-electron chi connectivity index (χ1n) is 6.25. The van der Waals surface area contributed by atoms with Gasteiger partial charge in [0.15, 0.2) is 0 Å². The van der Waals surface area contributed by atoms with Gasteiger partial charge in [-0.05, 0) is 25.2 Å². The maximum Gasteiger partial charge on any atom is 0.225 e. The van der Waals surface area contributed by atoms with Crippen molar-refractivity contribution in [3.8, 4) is 5.75 Å². The van der Waals surface area contributed by atoms with Gasteiger partial charge in [-0.25, -0.2) is 0 Å². The van der Waals surface area contributed by atoms with Gasteiger partial charge in [0, 0.05) is 17.1 Å². The van der Waals surface area contributed by atoms with E-state index in [9.17, 15) is 0 Å². The summed E-state index contributed by atoms with van der Waals surface area (Å²) < 4.78 is 5.32. The van der Waals surface area contributed by atoms with Gasteiger partial charge in [0.1, 0.15) is 11.6 Å². The van der Waals surface area contributed by atoms with Gasteiger partial charge in [0.2, 0.25) is 11.9 Å². The third kappa shape index (κ3) is 4.17. The number of hydrogen-bond donors (Lipinski definition) is 2. The Morgan fingerprint density at radius 1 is 1.14 bits per heavy atom. The smallest absolute Gasteiger partial charge is 0.225 e. The Morgan fingerprint density at radius 3 is 2.43 bits per heavy atom. The lowest BCUT2D eigenvalue weighted by atomic mass is 10.2. The van der Waals surface area contributed by atoms with E-state index >= 15 is 0 Å². The summed E-state index contributed by atoms with van der Waals surface area (Å²) in [5, 5.41) is 0.660. The molecule has 4 N–H and O–H groups in total. The SMILES string of the molecule is COc1ccc(Cl)cc1CN(C)Cc1nc(N)nc(N)n1. The molecule has 0 saturated carbocycles. The molecule has 2 aromatic rings. The van der Waals surface area contributed by atoms with Crippen LogP contribution in [0, 0.1) is 0 Å². The van der Waals surface area contributed by atoms with Gasteiger partial charge in [0.25, 0.3) is 0 Å². The van der Waals surface area contributed by atoms with E-state index in [1.165, 1.54) is 0 Å².